The van der Waals surface area contributed by atoms with E-state index in [0.717, 1.165) is 11.0 Å². The Morgan fingerprint density at radius 1 is 1.62 bits per heavy atom. The third-order valence-corrected chi connectivity index (χ3v) is 2.62. The Bertz CT molecular complexity index is 341. The molecular formula is C10H16BrN3O2. The van der Waals surface area contributed by atoms with Gasteiger partial charge >= 0.3 is 0 Å². The molecule has 0 aromatic carbocycles. The van der Waals surface area contributed by atoms with Gasteiger partial charge in [0.2, 0.25) is 0 Å². The monoisotopic (exact) mass is 289 g/mol. The summed E-state index contributed by atoms with van der Waals surface area (Å²) in [7, 11) is 1.62. The second-order valence-electron chi connectivity index (χ2n) is 3.38. The topological polar surface area (TPSA) is 58.2 Å². The van der Waals surface area contributed by atoms with Crippen molar-refractivity contribution in [1.29, 1.82) is 0 Å². The predicted octanol–water partition coefficient (Wildman–Crippen LogP) is 1.20. The van der Waals surface area contributed by atoms with Crippen LogP contribution in [0.3, 0.4) is 0 Å². The van der Waals surface area contributed by atoms with E-state index in [2.05, 4.69) is 26.1 Å². The van der Waals surface area contributed by atoms with Gasteiger partial charge in [0.1, 0.15) is 0 Å². The molecule has 0 atom stereocenters. The smallest absolute Gasteiger partial charge is 0.257 e. The largest absolute Gasteiger partial charge is 0.383 e. The van der Waals surface area contributed by atoms with E-state index in [1.807, 2.05) is 6.92 Å². The highest BCUT2D eigenvalue weighted by Crippen LogP contribution is 2.07. The summed E-state index contributed by atoms with van der Waals surface area (Å²) >= 11 is 3.33. The van der Waals surface area contributed by atoms with Crippen LogP contribution in [-0.4, -0.2) is 53.1 Å². The van der Waals surface area contributed by atoms with Crippen molar-refractivity contribution < 1.29 is 9.53 Å². The van der Waals surface area contributed by atoms with E-state index in [4.69, 9.17) is 4.74 Å². The third kappa shape index (κ3) is 3.31. The molecule has 1 N–H and O–H groups in total. The number of nitrogens with zero attached hydrogens (tertiary/aromatic N) is 2. The highest BCUT2D eigenvalue weighted by molar-refractivity contribution is 9.09. The van der Waals surface area contributed by atoms with E-state index in [9.17, 15) is 4.79 Å². The van der Waals surface area contributed by atoms with Gasteiger partial charge < -0.3 is 9.64 Å². The number of halogens is 1. The van der Waals surface area contributed by atoms with E-state index in [1.165, 1.54) is 0 Å². The standard InChI is InChI=1S/C10H16BrN3O2/c1-8-9(7-12-13-8)10(15)14(4-3-11)5-6-16-2/h7H,3-6H2,1-2H3,(H,12,13). The Morgan fingerprint density at radius 3 is 2.88 bits per heavy atom. The number of carbonyl (C=O) groups is 1. The summed E-state index contributed by atoms with van der Waals surface area (Å²) < 4.78 is 4.98. The van der Waals surface area contributed by atoms with Crippen LogP contribution in [-0.2, 0) is 4.74 Å². The molecule has 0 saturated heterocycles. The highest BCUT2D eigenvalue weighted by Gasteiger charge is 2.17. The molecular weight excluding hydrogens is 274 g/mol. The molecule has 1 rings (SSSR count). The van der Waals surface area contributed by atoms with Crippen molar-refractivity contribution in [2.45, 2.75) is 6.92 Å². The molecule has 6 heteroatoms. The Balaban J connectivity index is 2.70. The van der Waals surface area contributed by atoms with E-state index in [0.29, 0.717) is 25.3 Å². The van der Waals surface area contributed by atoms with Gasteiger partial charge in [0, 0.05) is 31.2 Å². The Labute approximate surface area is 103 Å². The van der Waals surface area contributed by atoms with Crippen LogP contribution in [0, 0.1) is 6.92 Å². The first-order valence-corrected chi connectivity index (χ1v) is 6.17. The number of H-pyrrole nitrogens is 1. The number of nitrogens with one attached hydrogen (secondary N) is 1. The van der Waals surface area contributed by atoms with Crippen LogP contribution in [0.5, 0.6) is 0 Å². The van der Waals surface area contributed by atoms with E-state index < -0.39 is 0 Å². The van der Waals surface area contributed by atoms with Crippen molar-refractivity contribution >= 4 is 21.8 Å². The first-order valence-electron chi connectivity index (χ1n) is 5.04. The van der Waals surface area contributed by atoms with Gasteiger partial charge in [-0.1, -0.05) is 15.9 Å². The van der Waals surface area contributed by atoms with E-state index in [1.54, 1.807) is 18.2 Å². The fraction of sp³-hybridized carbons (Fsp3) is 0.600. The van der Waals surface area contributed by atoms with Gasteiger partial charge in [0.25, 0.3) is 5.91 Å². The zero-order valence-electron chi connectivity index (χ0n) is 9.49. The van der Waals surface area contributed by atoms with Crippen molar-refractivity contribution in [2.75, 3.05) is 32.1 Å². The maximum atomic E-state index is 12.1. The summed E-state index contributed by atoms with van der Waals surface area (Å²) in [5.41, 5.74) is 1.42. The summed E-state index contributed by atoms with van der Waals surface area (Å²) in [5, 5.41) is 7.36. The van der Waals surface area contributed by atoms with Crippen LogP contribution in [0.25, 0.3) is 0 Å². The van der Waals surface area contributed by atoms with Crippen LogP contribution >= 0.6 is 15.9 Å². The zero-order valence-corrected chi connectivity index (χ0v) is 11.1. The molecule has 1 heterocycles. The number of aryl methyl sites for hydroxylation is 1. The van der Waals surface area contributed by atoms with Crippen molar-refractivity contribution in [1.82, 2.24) is 15.1 Å². The molecule has 0 radical (unpaired) electrons. The van der Waals surface area contributed by atoms with Crippen molar-refractivity contribution in [2.24, 2.45) is 0 Å². The molecule has 16 heavy (non-hydrogen) atoms. The number of methoxy groups -OCH3 is 1. The molecule has 5 nitrogen and oxygen atoms in total. The van der Waals surface area contributed by atoms with Gasteiger partial charge in [0.15, 0.2) is 0 Å². The lowest BCUT2D eigenvalue weighted by Crippen LogP contribution is -2.35. The lowest BCUT2D eigenvalue weighted by Gasteiger charge is -2.20. The SMILES string of the molecule is COCCN(CCBr)C(=O)c1cn[nH]c1C. The van der Waals surface area contributed by atoms with Gasteiger partial charge in [-0.15, -0.1) is 0 Å². The second kappa shape index (κ2) is 6.65. The Morgan fingerprint density at radius 2 is 2.38 bits per heavy atom. The molecule has 0 unspecified atom stereocenters. The van der Waals surface area contributed by atoms with Gasteiger partial charge in [-0.2, -0.15) is 5.10 Å². The first kappa shape index (κ1) is 13.2. The molecule has 0 aliphatic carbocycles. The highest BCUT2D eigenvalue weighted by atomic mass is 79.9. The molecule has 0 saturated carbocycles. The van der Waals surface area contributed by atoms with Crippen LogP contribution in [0.15, 0.2) is 6.20 Å². The van der Waals surface area contributed by atoms with Crippen LogP contribution < -0.4 is 0 Å². The van der Waals surface area contributed by atoms with Gasteiger partial charge in [0.05, 0.1) is 18.4 Å². The number of carbonyl (C=O) groups excluding carboxylic acids is 1. The molecule has 0 spiro atoms. The van der Waals surface area contributed by atoms with Crippen molar-refractivity contribution in [3.63, 3.8) is 0 Å². The Hall–Kier alpha value is -0.880. The Kier molecular flexibility index (Phi) is 5.48. The maximum absolute atomic E-state index is 12.1. The number of ether oxygens (including phenoxy) is 1. The maximum Gasteiger partial charge on any atom is 0.257 e. The molecule has 1 aromatic heterocycles. The quantitative estimate of drug-likeness (QED) is 0.801. The first-order chi connectivity index (χ1) is 7.70. The number of hydrogen-bond donors (Lipinski definition) is 1. The third-order valence-electron chi connectivity index (χ3n) is 2.27. The summed E-state index contributed by atoms with van der Waals surface area (Å²) in [6.07, 6.45) is 1.56. The normalized spacial score (nSPS) is 10.4. The molecule has 1 amide bonds. The van der Waals surface area contributed by atoms with Crippen molar-refractivity contribution in [3.8, 4) is 0 Å². The summed E-state index contributed by atoms with van der Waals surface area (Å²) in [5.74, 6) is -0.0113. The molecule has 1 aromatic rings. The minimum Gasteiger partial charge on any atom is -0.383 e. The van der Waals surface area contributed by atoms with Crippen LogP contribution in [0.1, 0.15) is 16.1 Å². The molecule has 0 fully saturated rings. The second-order valence-corrected chi connectivity index (χ2v) is 4.18. The predicted molar refractivity (Wildman–Crippen MR) is 64.9 cm³/mol. The number of rotatable bonds is 6. The lowest BCUT2D eigenvalue weighted by atomic mass is 10.2. The lowest BCUT2D eigenvalue weighted by molar-refractivity contribution is 0.0708. The van der Waals surface area contributed by atoms with Crippen LogP contribution in [0.4, 0.5) is 0 Å². The number of hydrogen-bond acceptors (Lipinski definition) is 3. The average molecular weight is 290 g/mol. The van der Waals surface area contributed by atoms with Gasteiger partial charge in [-0.05, 0) is 6.92 Å². The van der Waals surface area contributed by atoms with E-state index >= 15 is 0 Å². The summed E-state index contributed by atoms with van der Waals surface area (Å²) in [6, 6.07) is 0. The van der Waals surface area contributed by atoms with Crippen molar-refractivity contribution in [3.05, 3.63) is 17.5 Å². The van der Waals surface area contributed by atoms with Gasteiger partial charge in [-0.25, -0.2) is 0 Å². The van der Waals surface area contributed by atoms with E-state index in [-0.39, 0.29) is 5.91 Å². The minimum absolute atomic E-state index is 0.0113. The number of alkyl halides is 1. The average Bonchev–Trinajstić information content (AvgIpc) is 2.69. The fourth-order valence-corrected chi connectivity index (χ4v) is 1.78. The number of aromatic nitrogens is 2. The molecule has 90 valence electrons. The fourth-order valence-electron chi connectivity index (χ4n) is 1.36. The minimum atomic E-state index is -0.0113. The summed E-state index contributed by atoms with van der Waals surface area (Å²) in [6.45, 7) is 3.62. The van der Waals surface area contributed by atoms with Crippen LogP contribution in [0.2, 0.25) is 0 Å². The summed E-state index contributed by atoms with van der Waals surface area (Å²) in [4.78, 5) is 13.9. The zero-order chi connectivity index (χ0) is 12.0. The molecule has 0 bridgehead atoms. The number of amides is 1. The van der Waals surface area contributed by atoms with Gasteiger partial charge in [-0.3, -0.25) is 9.89 Å². The molecule has 0 aliphatic heterocycles. The number of aromatic amines is 1. The molecule has 0 aliphatic rings.